The predicted molar refractivity (Wildman–Crippen MR) is 107 cm³/mol. The van der Waals surface area contributed by atoms with Gasteiger partial charge in [-0.3, -0.25) is 14.4 Å². The van der Waals surface area contributed by atoms with Crippen LogP contribution in [0, 0.1) is 0 Å². The van der Waals surface area contributed by atoms with Gasteiger partial charge < -0.3 is 15.2 Å². The minimum absolute atomic E-state index is 0.0301. The monoisotopic (exact) mass is 375 g/mol. The van der Waals surface area contributed by atoms with Crippen LogP contribution in [0.5, 0.6) is 0 Å². The SMILES string of the molecule is CCNC(=O)c1cn(C(C)CC)cc(C(=O)NC2CCCCCCC2)c1=O. The van der Waals surface area contributed by atoms with Gasteiger partial charge in [0, 0.05) is 31.0 Å². The number of amides is 2. The first-order valence-corrected chi connectivity index (χ1v) is 10.3. The van der Waals surface area contributed by atoms with Crippen LogP contribution in [0.15, 0.2) is 17.2 Å². The first kappa shape index (κ1) is 21.2. The predicted octanol–water partition coefficient (Wildman–Crippen LogP) is 3.41. The molecule has 2 rings (SSSR count). The van der Waals surface area contributed by atoms with Gasteiger partial charge in [0.05, 0.1) is 0 Å². The van der Waals surface area contributed by atoms with E-state index in [4.69, 9.17) is 0 Å². The molecule has 1 atom stereocenters. The van der Waals surface area contributed by atoms with Crippen LogP contribution in [-0.4, -0.2) is 29.0 Å². The fourth-order valence-corrected chi connectivity index (χ4v) is 3.51. The van der Waals surface area contributed by atoms with E-state index in [1.54, 1.807) is 23.9 Å². The van der Waals surface area contributed by atoms with E-state index in [-0.39, 0.29) is 29.1 Å². The van der Waals surface area contributed by atoms with Gasteiger partial charge in [0.1, 0.15) is 11.1 Å². The standard InChI is InChI=1S/C21H33N3O3/c1-4-15(3)24-13-17(20(26)22-5-2)19(25)18(14-24)21(27)23-16-11-9-7-6-8-10-12-16/h13-16H,4-12H2,1-3H3,(H,22,26)(H,23,27). The minimum Gasteiger partial charge on any atom is -0.352 e. The molecular weight excluding hydrogens is 342 g/mol. The largest absolute Gasteiger partial charge is 0.352 e. The molecule has 2 amide bonds. The topological polar surface area (TPSA) is 80.2 Å². The quantitative estimate of drug-likeness (QED) is 0.799. The van der Waals surface area contributed by atoms with Crippen LogP contribution in [0.4, 0.5) is 0 Å². The maximum Gasteiger partial charge on any atom is 0.256 e. The molecule has 0 bridgehead atoms. The molecule has 1 fully saturated rings. The first-order chi connectivity index (χ1) is 13.0. The normalized spacial score (nSPS) is 16.9. The van der Waals surface area contributed by atoms with E-state index in [9.17, 15) is 14.4 Å². The molecule has 1 aliphatic rings. The number of hydrogen-bond donors (Lipinski definition) is 2. The molecule has 0 saturated heterocycles. The van der Waals surface area contributed by atoms with Gasteiger partial charge in [0.15, 0.2) is 0 Å². The van der Waals surface area contributed by atoms with Crippen LogP contribution >= 0.6 is 0 Å². The van der Waals surface area contributed by atoms with E-state index in [0.29, 0.717) is 6.54 Å². The highest BCUT2D eigenvalue weighted by molar-refractivity contribution is 5.99. The van der Waals surface area contributed by atoms with Gasteiger partial charge >= 0.3 is 0 Å². The van der Waals surface area contributed by atoms with E-state index in [2.05, 4.69) is 10.6 Å². The number of carbonyl (C=O) groups excluding carboxylic acids is 2. The maximum absolute atomic E-state index is 12.9. The summed E-state index contributed by atoms with van der Waals surface area (Å²) in [7, 11) is 0. The number of nitrogens with zero attached hydrogens (tertiary/aromatic N) is 1. The molecule has 0 spiro atoms. The summed E-state index contributed by atoms with van der Waals surface area (Å²) in [5.74, 6) is -0.797. The van der Waals surface area contributed by atoms with Crippen molar-refractivity contribution in [1.29, 1.82) is 0 Å². The van der Waals surface area contributed by atoms with Gasteiger partial charge in [0.2, 0.25) is 5.43 Å². The molecular formula is C21H33N3O3. The van der Waals surface area contributed by atoms with Crippen LogP contribution in [0.2, 0.25) is 0 Å². The lowest BCUT2D eigenvalue weighted by Gasteiger charge is -2.22. The lowest BCUT2D eigenvalue weighted by molar-refractivity contribution is 0.0928. The number of rotatable bonds is 6. The Morgan fingerprint density at radius 3 is 2.15 bits per heavy atom. The molecule has 6 heteroatoms. The Bertz CT molecular complexity index is 703. The zero-order chi connectivity index (χ0) is 19.8. The number of aromatic nitrogens is 1. The summed E-state index contributed by atoms with van der Waals surface area (Å²) >= 11 is 0. The molecule has 0 aliphatic heterocycles. The summed E-state index contributed by atoms with van der Waals surface area (Å²) in [5, 5.41) is 5.71. The Kier molecular flexibility index (Phi) is 8.07. The highest BCUT2D eigenvalue weighted by Crippen LogP contribution is 2.18. The zero-order valence-corrected chi connectivity index (χ0v) is 16.8. The highest BCUT2D eigenvalue weighted by atomic mass is 16.2. The Balaban J connectivity index is 2.32. The molecule has 6 nitrogen and oxygen atoms in total. The minimum atomic E-state index is -0.496. The summed E-state index contributed by atoms with van der Waals surface area (Å²) < 4.78 is 1.80. The molecule has 1 saturated carbocycles. The summed E-state index contributed by atoms with van der Waals surface area (Å²) in [4.78, 5) is 38.0. The zero-order valence-electron chi connectivity index (χ0n) is 16.8. The number of hydrogen-bond acceptors (Lipinski definition) is 3. The lowest BCUT2D eigenvalue weighted by atomic mass is 9.96. The Morgan fingerprint density at radius 1 is 1.04 bits per heavy atom. The maximum atomic E-state index is 12.9. The van der Waals surface area contributed by atoms with Crippen LogP contribution in [0.1, 0.15) is 98.9 Å². The Labute approximate surface area is 161 Å². The van der Waals surface area contributed by atoms with E-state index in [0.717, 1.165) is 32.1 Å². The third-order valence-corrected chi connectivity index (χ3v) is 5.41. The average molecular weight is 376 g/mol. The second kappa shape index (κ2) is 10.3. The van der Waals surface area contributed by atoms with Gasteiger partial charge in [-0.25, -0.2) is 0 Å². The van der Waals surface area contributed by atoms with Crippen LogP contribution in [0.3, 0.4) is 0 Å². The smallest absolute Gasteiger partial charge is 0.256 e. The van der Waals surface area contributed by atoms with Crippen molar-refractivity contribution >= 4 is 11.8 Å². The third-order valence-electron chi connectivity index (χ3n) is 5.41. The van der Waals surface area contributed by atoms with Crippen molar-refractivity contribution in [3.05, 3.63) is 33.7 Å². The molecule has 2 N–H and O–H groups in total. The number of nitrogens with one attached hydrogen (secondary N) is 2. The van der Waals surface area contributed by atoms with Crippen LogP contribution in [0.25, 0.3) is 0 Å². The van der Waals surface area contributed by atoms with Crippen LogP contribution < -0.4 is 16.1 Å². The molecule has 1 unspecified atom stereocenters. The Hall–Kier alpha value is -2.11. The molecule has 0 radical (unpaired) electrons. The second-order valence-electron chi connectivity index (χ2n) is 7.49. The fraction of sp³-hybridized carbons (Fsp3) is 0.667. The molecule has 27 heavy (non-hydrogen) atoms. The van der Waals surface area contributed by atoms with Gasteiger partial charge in [-0.05, 0) is 33.1 Å². The second-order valence-corrected chi connectivity index (χ2v) is 7.49. The van der Waals surface area contributed by atoms with Crippen molar-refractivity contribution in [1.82, 2.24) is 15.2 Å². The van der Waals surface area contributed by atoms with E-state index in [1.807, 2.05) is 13.8 Å². The van der Waals surface area contributed by atoms with Gasteiger partial charge in [-0.15, -0.1) is 0 Å². The average Bonchev–Trinajstić information content (AvgIpc) is 2.63. The molecule has 1 aliphatic carbocycles. The third kappa shape index (κ3) is 5.68. The number of pyridine rings is 1. The summed E-state index contributed by atoms with van der Waals surface area (Å²) in [6.07, 6.45) is 11.7. The molecule has 1 heterocycles. The van der Waals surface area contributed by atoms with Crippen molar-refractivity contribution in [2.45, 2.75) is 84.2 Å². The van der Waals surface area contributed by atoms with E-state index < -0.39 is 11.3 Å². The Morgan fingerprint density at radius 2 is 1.59 bits per heavy atom. The van der Waals surface area contributed by atoms with Gasteiger partial charge in [-0.2, -0.15) is 0 Å². The molecule has 0 aromatic carbocycles. The molecule has 1 aromatic heterocycles. The summed E-state index contributed by atoms with van der Waals surface area (Å²) in [6, 6.07) is 0.189. The van der Waals surface area contributed by atoms with Crippen molar-refractivity contribution in [2.75, 3.05) is 6.54 Å². The molecule has 150 valence electrons. The van der Waals surface area contributed by atoms with E-state index in [1.165, 1.54) is 19.3 Å². The van der Waals surface area contributed by atoms with Crippen LogP contribution in [-0.2, 0) is 0 Å². The van der Waals surface area contributed by atoms with Gasteiger partial charge in [-0.1, -0.05) is 39.0 Å². The first-order valence-electron chi connectivity index (χ1n) is 10.3. The fourth-order valence-electron chi connectivity index (χ4n) is 3.51. The van der Waals surface area contributed by atoms with Crippen molar-refractivity contribution in [3.63, 3.8) is 0 Å². The van der Waals surface area contributed by atoms with E-state index >= 15 is 0 Å². The van der Waals surface area contributed by atoms with Crippen molar-refractivity contribution in [2.24, 2.45) is 0 Å². The van der Waals surface area contributed by atoms with Crippen molar-refractivity contribution < 1.29 is 9.59 Å². The molecule has 1 aromatic rings. The number of carbonyl (C=O) groups is 2. The highest BCUT2D eigenvalue weighted by Gasteiger charge is 2.22. The lowest BCUT2D eigenvalue weighted by Crippen LogP contribution is -2.40. The summed E-state index contributed by atoms with van der Waals surface area (Å²) in [6.45, 7) is 6.27. The van der Waals surface area contributed by atoms with Gasteiger partial charge in [0.25, 0.3) is 11.8 Å². The summed E-state index contributed by atoms with van der Waals surface area (Å²) in [5.41, 5.74) is -0.410. The van der Waals surface area contributed by atoms with Crippen molar-refractivity contribution in [3.8, 4) is 0 Å².